The van der Waals surface area contributed by atoms with Crippen LogP contribution in [0.5, 0.6) is 0 Å². The number of nitrogens with two attached hydrogens (primary N) is 3. The first-order chi connectivity index (χ1) is 4.56. The van der Waals surface area contributed by atoms with Crippen LogP contribution in [0.4, 0.5) is 0 Å². The molecule has 0 heterocycles. The average Bonchev–Trinajstić information content (AvgIpc) is 1.88. The van der Waals surface area contributed by atoms with Gasteiger partial charge in [-0.3, -0.25) is 0 Å². The molecule has 0 rings (SSSR count). The first kappa shape index (κ1) is 10.5. The van der Waals surface area contributed by atoms with Gasteiger partial charge >= 0.3 is 71.7 Å². The van der Waals surface area contributed by atoms with Crippen molar-refractivity contribution in [1.82, 2.24) is 5.12 Å². The fourth-order valence-corrected chi connectivity index (χ4v) is 1.46. The fourth-order valence-electron chi connectivity index (χ4n) is 0.373. The molecule has 0 amide bonds. The van der Waals surface area contributed by atoms with Crippen LogP contribution in [0.3, 0.4) is 0 Å². The first-order valence-corrected chi connectivity index (χ1v) is 5.00. The molecule has 0 saturated heterocycles. The molecule has 0 fully saturated rings. The molecule has 5 nitrogen and oxygen atoms in total. The van der Waals surface area contributed by atoms with Crippen LogP contribution in [0.1, 0.15) is 20.3 Å². The Bertz CT molecular complexity index is 101. The van der Waals surface area contributed by atoms with Crippen molar-refractivity contribution < 1.29 is 25.0 Å². The molecule has 6 N–H and O–H groups in total. The van der Waals surface area contributed by atoms with Crippen molar-refractivity contribution in [2.24, 2.45) is 15.6 Å². The summed E-state index contributed by atoms with van der Waals surface area (Å²) in [6.45, 7) is 3.74. The number of hydrogen-bond acceptors (Lipinski definition) is 5. The van der Waals surface area contributed by atoms with E-state index in [1.807, 2.05) is 6.92 Å². The van der Waals surface area contributed by atoms with Crippen LogP contribution in [-0.2, 0) is 3.07 Å². The molecular weight excluding hydrogens is 247 g/mol. The zero-order valence-electron chi connectivity index (χ0n) is 6.17. The third-order valence-corrected chi connectivity index (χ3v) is 2.62. The second-order valence-electron chi connectivity index (χ2n) is 2.10. The Kier molecular flexibility index (Phi) is 4.65. The van der Waals surface area contributed by atoms with Gasteiger partial charge in [0.15, 0.2) is 0 Å². The monoisotopic (exact) mass is 261 g/mol. The Labute approximate surface area is 72.0 Å². The van der Waals surface area contributed by atoms with Crippen molar-refractivity contribution in [3.8, 4) is 0 Å². The minimum atomic E-state index is -0.724. The molecule has 0 bridgehead atoms. The van der Waals surface area contributed by atoms with Gasteiger partial charge in [0.25, 0.3) is 0 Å². The normalized spacial score (nSPS) is 17.8. The topological polar surface area (TPSA) is 90.5 Å². The first-order valence-electron chi connectivity index (χ1n) is 2.88. The maximum absolute atomic E-state index is 5.32. The minimum absolute atomic E-state index is 0.595. The third kappa shape index (κ3) is 2.64. The summed E-state index contributed by atoms with van der Waals surface area (Å²) < 4.78 is 10.5. The van der Waals surface area contributed by atoms with Gasteiger partial charge in [-0.05, 0) is 0 Å². The molecule has 0 aliphatic rings. The summed E-state index contributed by atoms with van der Waals surface area (Å²) in [5.74, 6) is 10.6. The molecule has 1 atom stereocenters. The molecule has 0 spiro atoms. The van der Waals surface area contributed by atoms with Crippen LogP contribution in [0.2, 0.25) is 0 Å². The number of halogens is 1. The summed E-state index contributed by atoms with van der Waals surface area (Å²) in [6, 6.07) is 0. The van der Waals surface area contributed by atoms with Crippen LogP contribution < -0.4 is 37.5 Å². The molecule has 0 aromatic heterocycles. The molecule has 1 unspecified atom stereocenters. The van der Waals surface area contributed by atoms with E-state index < -0.39 is 27.6 Å². The van der Waals surface area contributed by atoms with Crippen LogP contribution in [-0.4, -0.2) is 10.8 Å². The van der Waals surface area contributed by atoms with E-state index in [0.717, 1.165) is 11.5 Å². The van der Waals surface area contributed by atoms with E-state index >= 15 is 0 Å². The zero-order valence-corrected chi connectivity index (χ0v) is 8.33. The standard InChI is InChI=1S/C4H14IN4O/c1-3-4(2,9(7)8)10-5-6/h3,6-8H2,1-2H3/q-1. The summed E-state index contributed by atoms with van der Waals surface area (Å²) in [5.41, 5.74) is -0.595. The van der Waals surface area contributed by atoms with E-state index in [-0.39, 0.29) is 0 Å². The molecule has 10 heavy (non-hydrogen) atoms. The van der Waals surface area contributed by atoms with Gasteiger partial charge in [-0.2, -0.15) is 0 Å². The van der Waals surface area contributed by atoms with Crippen LogP contribution in [0.25, 0.3) is 0 Å². The van der Waals surface area contributed by atoms with Crippen LogP contribution in [0.15, 0.2) is 0 Å². The van der Waals surface area contributed by atoms with E-state index in [2.05, 4.69) is 0 Å². The Hall–Kier alpha value is 0.530. The Morgan fingerprint density at radius 1 is 1.60 bits per heavy atom. The van der Waals surface area contributed by atoms with Crippen molar-refractivity contribution in [3.05, 3.63) is 0 Å². The van der Waals surface area contributed by atoms with E-state index in [1.54, 1.807) is 6.92 Å². The van der Waals surface area contributed by atoms with E-state index in [1.165, 1.54) is 0 Å². The maximum atomic E-state index is 5.32. The fraction of sp³-hybridized carbons (Fsp3) is 1.00. The van der Waals surface area contributed by atoms with Gasteiger partial charge in [0.05, 0.1) is 0 Å². The predicted molar refractivity (Wildman–Crippen MR) is 34.2 cm³/mol. The second-order valence-corrected chi connectivity index (χ2v) is 3.05. The summed E-state index contributed by atoms with van der Waals surface area (Å²) in [4.78, 5) is 0. The molecule has 0 aromatic rings. The van der Waals surface area contributed by atoms with Crippen molar-refractivity contribution in [1.29, 1.82) is 0 Å². The summed E-state index contributed by atoms with van der Waals surface area (Å²) >= 11 is -0.724. The third-order valence-electron chi connectivity index (χ3n) is 1.41. The van der Waals surface area contributed by atoms with Gasteiger partial charge in [0, 0.05) is 0 Å². The Balaban J connectivity index is 3.94. The molecule has 0 aliphatic heterocycles. The van der Waals surface area contributed by atoms with Crippen molar-refractivity contribution >= 4 is 0 Å². The number of hydrazine groups is 2. The van der Waals surface area contributed by atoms with Gasteiger partial charge in [0.1, 0.15) is 0 Å². The van der Waals surface area contributed by atoms with Gasteiger partial charge in [0.2, 0.25) is 0 Å². The number of hydrogen-bond donors (Lipinski definition) is 3. The van der Waals surface area contributed by atoms with Crippen molar-refractivity contribution in [2.75, 3.05) is 0 Å². The average molecular weight is 261 g/mol. The van der Waals surface area contributed by atoms with E-state index in [4.69, 9.17) is 18.7 Å². The Morgan fingerprint density at radius 2 is 2.10 bits per heavy atom. The summed E-state index contributed by atoms with van der Waals surface area (Å²) in [7, 11) is 0. The summed E-state index contributed by atoms with van der Waals surface area (Å²) in [5, 5.41) is 1.06. The molecule has 0 saturated carbocycles. The zero-order chi connectivity index (χ0) is 8.20. The predicted octanol–water partition coefficient (Wildman–Crippen LogP) is -3.94. The van der Waals surface area contributed by atoms with E-state index in [9.17, 15) is 0 Å². The molecule has 0 aromatic carbocycles. The molecule has 0 aliphatic carbocycles. The van der Waals surface area contributed by atoms with E-state index in [0.29, 0.717) is 0 Å². The van der Waals surface area contributed by atoms with Crippen LogP contribution >= 0.6 is 0 Å². The number of rotatable bonds is 4. The van der Waals surface area contributed by atoms with Crippen molar-refractivity contribution in [2.45, 2.75) is 26.0 Å². The molecule has 64 valence electrons. The second kappa shape index (κ2) is 4.42. The van der Waals surface area contributed by atoms with Gasteiger partial charge < -0.3 is 0 Å². The summed E-state index contributed by atoms with van der Waals surface area (Å²) in [6.07, 6.45) is 0.719. The van der Waals surface area contributed by atoms with Gasteiger partial charge in [-0.1, -0.05) is 0 Å². The quantitative estimate of drug-likeness (QED) is 0.158. The van der Waals surface area contributed by atoms with Crippen molar-refractivity contribution in [3.63, 3.8) is 0 Å². The SMILES string of the molecule is CCC(C)(O[I-]N)N(N)N. The molecule has 0 radical (unpaired) electrons. The van der Waals surface area contributed by atoms with Gasteiger partial charge in [-0.25, -0.2) is 0 Å². The Morgan fingerprint density at radius 3 is 2.20 bits per heavy atom. The van der Waals surface area contributed by atoms with Crippen LogP contribution in [0, 0.1) is 0 Å². The number of nitrogens with zero attached hydrogens (tertiary/aromatic N) is 1. The molecular formula is C4H14IN4O-. The molecule has 6 heteroatoms. The van der Waals surface area contributed by atoms with Gasteiger partial charge in [-0.15, -0.1) is 0 Å².